The van der Waals surface area contributed by atoms with E-state index in [0.717, 1.165) is 25.4 Å². The van der Waals surface area contributed by atoms with Crippen molar-refractivity contribution in [2.75, 3.05) is 27.3 Å². The van der Waals surface area contributed by atoms with Crippen LogP contribution in [0, 0.1) is 0 Å². The summed E-state index contributed by atoms with van der Waals surface area (Å²) < 4.78 is 7.04. The largest absolute Gasteiger partial charge is 0.380 e. The summed E-state index contributed by atoms with van der Waals surface area (Å²) in [5.41, 5.74) is 0.992. The van der Waals surface area contributed by atoms with E-state index in [1.54, 1.807) is 0 Å². The zero-order chi connectivity index (χ0) is 10.4. The lowest BCUT2D eigenvalue weighted by Crippen LogP contribution is -2.10. The molecule has 0 spiro atoms. The quantitative estimate of drug-likeness (QED) is 0.620. The van der Waals surface area contributed by atoms with Crippen LogP contribution in [0.2, 0.25) is 0 Å². The van der Waals surface area contributed by atoms with Gasteiger partial charge >= 0.3 is 0 Å². The van der Waals surface area contributed by atoms with Crippen molar-refractivity contribution in [3.05, 3.63) is 11.9 Å². The van der Waals surface area contributed by atoms with E-state index < -0.39 is 0 Å². The van der Waals surface area contributed by atoms with Gasteiger partial charge in [0.25, 0.3) is 0 Å². The third-order valence-corrected chi connectivity index (χ3v) is 1.73. The number of aromatic nitrogens is 3. The zero-order valence-electron chi connectivity index (χ0n) is 9.10. The van der Waals surface area contributed by atoms with E-state index in [1.807, 2.05) is 31.9 Å². The van der Waals surface area contributed by atoms with Gasteiger partial charge in [0.1, 0.15) is 0 Å². The molecule has 5 nitrogen and oxygen atoms in total. The van der Waals surface area contributed by atoms with Crippen LogP contribution in [0.25, 0.3) is 0 Å². The average molecular weight is 198 g/mol. The van der Waals surface area contributed by atoms with Gasteiger partial charge in [-0.3, -0.25) is 0 Å². The van der Waals surface area contributed by atoms with Gasteiger partial charge in [0.15, 0.2) is 0 Å². The lowest BCUT2D eigenvalue weighted by molar-refractivity contribution is 0.136. The summed E-state index contributed by atoms with van der Waals surface area (Å²) in [5.74, 6) is 0. The predicted molar refractivity (Wildman–Crippen MR) is 53.9 cm³/mol. The number of rotatable bonds is 6. The summed E-state index contributed by atoms with van der Waals surface area (Å²) in [6, 6.07) is 0. The van der Waals surface area contributed by atoms with Gasteiger partial charge in [-0.25, -0.2) is 4.68 Å². The topological polar surface area (TPSA) is 43.2 Å². The fourth-order valence-electron chi connectivity index (χ4n) is 1.15. The van der Waals surface area contributed by atoms with E-state index in [2.05, 4.69) is 15.2 Å². The molecular formula is C9H18N4O. The van der Waals surface area contributed by atoms with Crippen molar-refractivity contribution in [3.63, 3.8) is 0 Å². The maximum absolute atomic E-state index is 5.23. The minimum atomic E-state index is 0.696. The fraction of sp³-hybridized carbons (Fsp3) is 0.778. The van der Waals surface area contributed by atoms with E-state index in [1.165, 1.54) is 0 Å². The first-order valence-electron chi connectivity index (χ1n) is 4.84. The van der Waals surface area contributed by atoms with Gasteiger partial charge in [0.2, 0.25) is 0 Å². The monoisotopic (exact) mass is 198 g/mol. The minimum Gasteiger partial charge on any atom is -0.380 e. The minimum absolute atomic E-state index is 0.696. The molecule has 14 heavy (non-hydrogen) atoms. The van der Waals surface area contributed by atoms with Crippen molar-refractivity contribution in [1.82, 2.24) is 19.9 Å². The molecule has 0 saturated carbocycles. The van der Waals surface area contributed by atoms with Crippen molar-refractivity contribution < 1.29 is 4.74 Å². The second kappa shape index (κ2) is 5.72. The summed E-state index contributed by atoms with van der Waals surface area (Å²) in [6.45, 7) is 5.03. The SMILES string of the molecule is CCOCCn1cc(CN(C)C)nn1. The Morgan fingerprint density at radius 2 is 2.29 bits per heavy atom. The summed E-state index contributed by atoms with van der Waals surface area (Å²) in [4.78, 5) is 2.07. The van der Waals surface area contributed by atoms with E-state index in [-0.39, 0.29) is 0 Å². The molecule has 1 aromatic rings. The molecule has 0 atom stereocenters. The van der Waals surface area contributed by atoms with Crippen LogP contribution in [0.3, 0.4) is 0 Å². The van der Waals surface area contributed by atoms with Crippen molar-refractivity contribution >= 4 is 0 Å². The average Bonchev–Trinajstić information content (AvgIpc) is 2.52. The Morgan fingerprint density at radius 1 is 1.50 bits per heavy atom. The van der Waals surface area contributed by atoms with Crippen molar-refractivity contribution in [3.8, 4) is 0 Å². The second-order valence-corrected chi connectivity index (χ2v) is 3.41. The molecule has 0 aliphatic rings. The highest BCUT2D eigenvalue weighted by Gasteiger charge is 2.01. The van der Waals surface area contributed by atoms with Crippen molar-refractivity contribution in [2.24, 2.45) is 0 Å². The van der Waals surface area contributed by atoms with Crippen LogP contribution in [0.5, 0.6) is 0 Å². The Balaban J connectivity index is 2.35. The fourth-order valence-corrected chi connectivity index (χ4v) is 1.15. The highest BCUT2D eigenvalue weighted by molar-refractivity contribution is 4.91. The third kappa shape index (κ3) is 3.85. The first-order chi connectivity index (χ1) is 6.72. The molecule has 0 aromatic carbocycles. The second-order valence-electron chi connectivity index (χ2n) is 3.41. The molecule has 0 amide bonds. The standard InChI is InChI=1S/C9H18N4O/c1-4-14-6-5-13-8-9(10-11-13)7-12(2)3/h8H,4-7H2,1-3H3. The summed E-state index contributed by atoms with van der Waals surface area (Å²) in [6.07, 6.45) is 1.96. The Morgan fingerprint density at radius 3 is 2.93 bits per heavy atom. The van der Waals surface area contributed by atoms with Crippen molar-refractivity contribution in [1.29, 1.82) is 0 Å². The zero-order valence-corrected chi connectivity index (χ0v) is 9.10. The smallest absolute Gasteiger partial charge is 0.0966 e. The van der Waals surface area contributed by atoms with Gasteiger partial charge in [0, 0.05) is 19.3 Å². The molecular weight excluding hydrogens is 180 g/mol. The molecule has 0 unspecified atom stereocenters. The lowest BCUT2D eigenvalue weighted by Gasteiger charge is -2.04. The summed E-state index contributed by atoms with van der Waals surface area (Å²) in [7, 11) is 4.03. The Bertz CT molecular complexity index is 259. The molecule has 0 aliphatic carbocycles. The van der Waals surface area contributed by atoms with E-state index >= 15 is 0 Å². The van der Waals surface area contributed by atoms with E-state index in [9.17, 15) is 0 Å². The number of hydrogen-bond acceptors (Lipinski definition) is 4. The lowest BCUT2D eigenvalue weighted by atomic mass is 10.4. The van der Waals surface area contributed by atoms with Crippen molar-refractivity contribution in [2.45, 2.75) is 20.0 Å². The molecule has 0 radical (unpaired) electrons. The van der Waals surface area contributed by atoms with Gasteiger partial charge in [-0.2, -0.15) is 0 Å². The third-order valence-electron chi connectivity index (χ3n) is 1.73. The first-order valence-corrected chi connectivity index (χ1v) is 4.84. The molecule has 0 saturated heterocycles. The Hall–Kier alpha value is -0.940. The molecule has 0 N–H and O–H groups in total. The molecule has 80 valence electrons. The first kappa shape index (κ1) is 11.1. The molecule has 0 aliphatic heterocycles. The Kier molecular flexibility index (Phi) is 4.55. The normalized spacial score (nSPS) is 11.1. The van der Waals surface area contributed by atoms with Crippen LogP contribution >= 0.6 is 0 Å². The van der Waals surface area contributed by atoms with Gasteiger partial charge in [0.05, 0.1) is 18.8 Å². The predicted octanol–water partition coefficient (Wildman–Crippen LogP) is 0.376. The van der Waals surface area contributed by atoms with Crippen LogP contribution < -0.4 is 0 Å². The molecule has 0 bridgehead atoms. The maximum atomic E-state index is 5.23. The summed E-state index contributed by atoms with van der Waals surface area (Å²) in [5, 5.41) is 8.05. The molecule has 1 aromatic heterocycles. The molecule has 0 fully saturated rings. The van der Waals surface area contributed by atoms with E-state index in [0.29, 0.717) is 6.61 Å². The van der Waals surface area contributed by atoms with Gasteiger partial charge in [-0.1, -0.05) is 5.21 Å². The van der Waals surface area contributed by atoms with E-state index in [4.69, 9.17) is 4.74 Å². The molecule has 1 rings (SSSR count). The maximum Gasteiger partial charge on any atom is 0.0966 e. The van der Waals surface area contributed by atoms with Crippen LogP contribution in [-0.4, -0.2) is 47.2 Å². The highest BCUT2D eigenvalue weighted by atomic mass is 16.5. The molecule has 5 heteroatoms. The Labute approximate surface area is 84.7 Å². The molecule has 1 heterocycles. The van der Waals surface area contributed by atoms with Gasteiger partial charge < -0.3 is 9.64 Å². The number of nitrogens with zero attached hydrogens (tertiary/aromatic N) is 4. The number of ether oxygens (including phenoxy) is 1. The van der Waals surface area contributed by atoms with Crippen LogP contribution in [-0.2, 0) is 17.8 Å². The van der Waals surface area contributed by atoms with Crippen LogP contribution in [0.15, 0.2) is 6.20 Å². The highest BCUT2D eigenvalue weighted by Crippen LogP contribution is 1.96. The van der Waals surface area contributed by atoms with Gasteiger partial charge in [-0.15, -0.1) is 5.10 Å². The van der Waals surface area contributed by atoms with Gasteiger partial charge in [-0.05, 0) is 21.0 Å². The number of hydrogen-bond donors (Lipinski definition) is 0. The van der Waals surface area contributed by atoms with Crippen LogP contribution in [0.1, 0.15) is 12.6 Å². The summed E-state index contributed by atoms with van der Waals surface area (Å²) >= 11 is 0. The van der Waals surface area contributed by atoms with Crippen LogP contribution in [0.4, 0.5) is 0 Å².